The molecule has 2 heteroatoms. The molecule has 0 bridgehead atoms. The third-order valence-electron chi connectivity index (χ3n) is 2.08. The number of rotatable bonds is 3. The van der Waals surface area contributed by atoms with E-state index in [2.05, 4.69) is 19.3 Å². The molecule has 15 heavy (non-hydrogen) atoms. The monoisotopic (exact) mass is 224 g/mol. The molecule has 0 radical (unpaired) electrons. The number of benzene rings is 1. The van der Waals surface area contributed by atoms with Crippen LogP contribution in [0, 0.1) is 6.92 Å². The largest absolute Gasteiger partial charge is 0.243 e. The SMILES string of the molecule is CC(C)=CSc1ccc(C(C)F)cc1C. The van der Waals surface area contributed by atoms with E-state index in [-0.39, 0.29) is 0 Å². The van der Waals surface area contributed by atoms with Crippen LogP contribution >= 0.6 is 11.8 Å². The van der Waals surface area contributed by atoms with Crippen molar-refractivity contribution in [1.29, 1.82) is 0 Å². The van der Waals surface area contributed by atoms with E-state index >= 15 is 0 Å². The number of alkyl halides is 1. The van der Waals surface area contributed by atoms with Crippen LogP contribution < -0.4 is 0 Å². The number of allylic oxidation sites excluding steroid dienone is 1. The van der Waals surface area contributed by atoms with Gasteiger partial charge in [0, 0.05) is 4.90 Å². The first-order valence-corrected chi connectivity index (χ1v) is 5.93. The van der Waals surface area contributed by atoms with Gasteiger partial charge in [-0.1, -0.05) is 29.5 Å². The Hall–Kier alpha value is -0.760. The van der Waals surface area contributed by atoms with Gasteiger partial charge in [0.15, 0.2) is 0 Å². The topological polar surface area (TPSA) is 0 Å². The van der Waals surface area contributed by atoms with Gasteiger partial charge in [0.1, 0.15) is 6.17 Å². The van der Waals surface area contributed by atoms with E-state index < -0.39 is 6.17 Å². The van der Waals surface area contributed by atoms with Crippen molar-refractivity contribution in [2.45, 2.75) is 38.8 Å². The second kappa shape index (κ2) is 5.36. The molecule has 1 rings (SSSR count). The first kappa shape index (κ1) is 12.3. The lowest BCUT2D eigenvalue weighted by Crippen LogP contribution is -1.87. The van der Waals surface area contributed by atoms with Crippen LogP contribution in [-0.2, 0) is 0 Å². The third kappa shape index (κ3) is 3.71. The summed E-state index contributed by atoms with van der Waals surface area (Å²) in [6, 6.07) is 5.77. The molecule has 82 valence electrons. The third-order valence-corrected chi connectivity index (χ3v) is 3.38. The first-order chi connectivity index (χ1) is 7.00. The molecule has 0 aromatic heterocycles. The number of aryl methyl sites for hydroxylation is 1. The summed E-state index contributed by atoms with van der Waals surface area (Å²) in [6.07, 6.45) is -0.883. The van der Waals surface area contributed by atoms with Gasteiger partial charge in [-0.25, -0.2) is 4.39 Å². The minimum atomic E-state index is -0.883. The highest BCUT2D eigenvalue weighted by Gasteiger charge is 2.05. The predicted octanol–water partition coefficient (Wildman–Crippen LogP) is 5.04. The van der Waals surface area contributed by atoms with Crippen molar-refractivity contribution in [3.8, 4) is 0 Å². The maximum Gasteiger partial charge on any atom is 0.122 e. The van der Waals surface area contributed by atoms with Gasteiger partial charge >= 0.3 is 0 Å². The number of thioether (sulfide) groups is 1. The van der Waals surface area contributed by atoms with Crippen LogP contribution in [0.5, 0.6) is 0 Å². The Labute approximate surface area is 95.6 Å². The lowest BCUT2D eigenvalue weighted by atomic mass is 10.1. The maximum atomic E-state index is 13.0. The fraction of sp³-hybridized carbons (Fsp3) is 0.385. The Kier molecular flexibility index (Phi) is 4.40. The number of hydrogen-bond donors (Lipinski definition) is 0. The molecule has 0 saturated carbocycles. The number of halogens is 1. The summed E-state index contributed by atoms with van der Waals surface area (Å²) < 4.78 is 13.0. The smallest absolute Gasteiger partial charge is 0.122 e. The van der Waals surface area contributed by atoms with E-state index in [1.165, 1.54) is 10.5 Å². The molecule has 0 N–H and O–H groups in total. The second-order valence-corrected chi connectivity index (χ2v) is 4.87. The minimum absolute atomic E-state index is 0.758. The molecule has 0 spiro atoms. The molecule has 0 amide bonds. The molecule has 0 saturated heterocycles. The Bertz CT molecular complexity index is 363. The predicted molar refractivity (Wildman–Crippen MR) is 66.0 cm³/mol. The lowest BCUT2D eigenvalue weighted by Gasteiger charge is -2.07. The van der Waals surface area contributed by atoms with Gasteiger partial charge in [-0.05, 0) is 50.3 Å². The van der Waals surface area contributed by atoms with E-state index in [0.29, 0.717) is 0 Å². The average molecular weight is 224 g/mol. The van der Waals surface area contributed by atoms with E-state index in [9.17, 15) is 4.39 Å². The molecule has 1 atom stereocenters. The fourth-order valence-electron chi connectivity index (χ4n) is 1.23. The van der Waals surface area contributed by atoms with E-state index in [1.54, 1.807) is 18.7 Å². The molecular formula is C13H17FS. The Morgan fingerprint density at radius 2 is 2.07 bits per heavy atom. The van der Waals surface area contributed by atoms with Gasteiger partial charge in [-0.15, -0.1) is 0 Å². The highest BCUT2D eigenvalue weighted by Crippen LogP contribution is 2.27. The summed E-state index contributed by atoms with van der Waals surface area (Å²) in [5, 5.41) is 2.11. The quantitative estimate of drug-likeness (QED) is 0.648. The average Bonchev–Trinajstić information content (AvgIpc) is 2.15. The van der Waals surface area contributed by atoms with E-state index in [1.807, 2.05) is 25.1 Å². The van der Waals surface area contributed by atoms with Gasteiger partial charge in [-0.2, -0.15) is 0 Å². The van der Waals surface area contributed by atoms with Gasteiger partial charge in [0.25, 0.3) is 0 Å². The maximum absolute atomic E-state index is 13.0. The molecule has 0 aliphatic rings. The molecular weight excluding hydrogens is 207 g/mol. The fourth-order valence-corrected chi connectivity index (χ4v) is 1.99. The molecule has 1 aromatic rings. The first-order valence-electron chi connectivity index (χ1n) is 5.05. The molecule has 0 fully saturated rings. The summed E-state index contributed by atoms with van der Waals surface area (Å²) in [6.45, 7) is 7.73. The van der Waals surface area contributed by atoms with E-state index in [0.717, 1.165) is 11.1 Å². The summed E-state index contributed by atoms with van der Waals surface area (Å²) in [4.78, 5) is 1.20. The zero-order valence-electron chi connectivity index (χ0n) is 9.67. The molecule has 0 aliphatic carbocycles. The van der Waals surface area contributed by atoms with Crippen molar-refractivity contribution in [3.63, 3.8) is 0 Å². The molecule has 0 heterocycles. The summed E-state index contributed by atoms with van der Waals surface area (Å²) in [5.41, 5.74) is 3.18. The summed E-state index contributed by atoms with van der Waals surface area (Å²) in [7, 11) is 0. The minimum Gasteiger partial charge on any atom is -0.243 e. The molecule has 0 aliphatic heterocycles. The van der Waals surface area contributed by atoms with Crippen LogP contribution in [0.15, 0.2) is 34.1 Å². The summed E-state index contributed by atoms with van der Waals surface area (Å²) >= 11 is 1.69. The van der Waals surface area contributed by atoms with Crippen molar-refractivity contribution in [3.05, 3.63) is 40.3 Å². The van der Waals surface area contributed by atoms with Crippen LogP contribution in [0.1, 0.15) is 38.1 Å². The van der Waals surface area contributed by atoms with Gasteiger partial charge in [0.2, 0.25) is 0 Å². The van der Waals surface area contributed by atoms with Crippen LogP contribution in [-0.4, -0.2) is 0 Å². The zero-order chi connectivity index (χ0) is 11.4. The van der Waals surface area contributed by atoms with Crippen LogP contribution in [0.2, 0.25) is 0 Å². The van der Waals surface area contributed by atoms with Gasteiger partial charge in [0.05, 0.1) is 0 Å². The second-order valence-electron chi connectivity index (χ2n) is 3.95. The van der Waals surface area contributed by atoms with Gasteiger partial charge in [-0.3, -0.25) is 0 Å². The Balaban J connectivity index is 2.88. The lowest BCUT2D eigenvalue weighted by molar-refractivity contribution is 0.374. The zero-order valence-corrected chi connectivity index (χ0v) is 10.5. The van der Waals surface area contributed by atoms with Crippen molar-refractivity contribution >= 4 is 11.8 Å². The van der Waals surface area contributed by atoms with Crippen molar-refractivity contribution in [2.24, 2.45) is 0 Å². The van der Waals surface area contributed by atoms with Crippen molar-refractivity contribution in [2.75, 3.05) is 0 Å². The van der Waals surface area contributed by atoms with Crippen LogP contribution in [0.25, 0.3) is 0 Å². The Morgan fingerprint density at radius 1 is 1.40 bits per heavy atom. The van der Waals surface area contributed by atoms with Crippen molar-refractivity contribution < 1.29 is 4.39 Å². The molecule has 0 nitrogen and oxygen atoms in total. The van der Waals surface area contributed by atoms with Crippen LogP contribution in [0.3, 0.4) is 0 Å². The number of hydrogen-bond acceptors (Lipinski definition) is 1. The van der Waals surface area contributed by atoms with Gasteiger partial charge < -0.3 is 0 Å². The van der Waals surface area contributed by atoms with E-state index in [4.69, 9.17) is 0 Å². The highest BCUT2D eigenvalue weighted by atomic mass is 32.2. The Morgan fingerprint density at radius 3 is 2.53 bits per heavy atom. The van der Waals surface area contributed by atoms with Crippen molar-refractivity contribution in [1.82, 2.24) is 0 Å². The van der Waals surface area contributed by atoms with Crippen LogP contribution in [0.4, 0.5) is 4.39 Å². The molecule has 1 aromatic carbocycles. The standard InChI is InChI=1S/C13H17FS/c1-9(2)8-15-13-6-5-12(11(4)14)7-10(13)3/h5-8,11H,1-4H3. The summed E-state index contributed by atoms with van der Waals surface area (Å²) in [5.74, 6) is 0. The highest BCUT2D eigenvalue weighted by molar-refractivity contribution is 8.02. The normalized spacial score (nSPS) is 12.3. The molecule has 1 unspecified atom stereocenters.